The van der Waals surface area contributed by atoms with Gasteiger partial charge >= 0.3 is 0 Å². The SMILES string of the molecule is CCC(COCC(C)C)(COCC(C)C)COCC(C)C. The zero-order valence-electron chi connectivity index (χ0n) is 15.4. The Labute approximate surface area is 132 Å². The van der Waals surface area contributed by atoms with E-state index in [1.807, 2.05) is 0 Å². The van der Waals surface area contributed by atoms with Crippen molar-refractivity contribution >= 4 is 0 Å². The molecule has 0 bridgehead atoms. The Morgan fingerprint density at radius 1 is 0.619 bits per heavy atom. The Bertz CT molecular complexity index is 201. The molecule has 0 aromatic rings. The van der Waals surface area contributed by atoms with Crippen LogP contribution in [0.3, 0.4) is 0 Å². The zero-order valence-corrected chi connectivity index (χ0v) is 15.4. The lowest BCUT2D eigenvalue weighted by Crippen LogP contribution is -2.38. The van der Waals surface area contributed by atoms with E-state index < -0.39 is 0 Å². The van der Waals surface area contributed by atoms with Crippen LogP contribution in [0.5, 0.6) is 0 Å². The maximum Gasteiger partial charge on any atom is 0.0566 e. The van der Waals surface area contributed by atoms with Crippen LogP contribution in [-0.4, -0.2) is 39.6 Å². The quantitative estimate of drug-likeness (QED) is 0.504. The molecule has 0 spiro atoms. The fraction of sp³-hybridized carbons (Fsp3) is 1.00. The standard InChI is InChI=1S/C18H38O3/c1-8-18(12-19-9-15(2)3,13-20-10-16(4)5)14-21-11-17(6)7/h15-17H,8-14H2,1-7H3. The summed E-state index contributed by atoms with van der Waals surface area (Å²) in [6, 6.07) is 0. The highest BCUT2D eigenvalue weighted by Gasteiger charge is 2.30. The first kappa shape index (κ1) is 20.9. The van der Waals surface area contributed by atoms with Crippen LogP contribution < -0.4 is 0 Å². The highest BCUT2D eigenvalue weighted by atomic mass is 16.5. The highest BCUT2D eigenvalue weighted by molar-refractivity contribution is 4.78. The van der Waals surface area contributed by atoms with E-state index >= 15 is 0 Å². The third kappa shape index (κ3) is 11.1. The van der Waals surface area contributed by atoms with Crippen molar-refractivity contribution in [3.8, 4) is 0 Å². The van der Waals surface area contributed by atoms with Crippen molar-refractivity contribution in [2.45, 2.75) is 54.9 Å². The maximum absolute atomic E-state index is 5.91. The summed E-state index contributed by atoms with van der Waals surface area (Å²) >= 11 is 0. The second kappa shape index (κ2) is 11.4. The predicted octanol–water partition coefficient (Wildman–Crippen LogP) is 4.40. The third-order valence-corrected chi connectivity index (χ3v) is 3.33. The molecule has 0 aliphatic rings. The fourth-order valence-electron chi connectivity index (χ4n) is 1.96. The van der Waals surface area contributed by atoms with E-state index in [1.54, 1.807) is 0 Å². The van der Waals surface area contributed by atoms with Crippen molar-refractivity contribution in [2.24, 2.45) is 23.2 Å². The summed E-state index contributed by atoms with van der Waals surface area (Å²) in [5.74, 6) is 1.69. The molecular weight excluding hydrogens is 264 g/mol. The lowest BCUT2D eigenvalue weighted by Gasteiger charge is -2.33. The van der Waals surface area contributed by atoms with E-state index in [4.69, 9.17) is 14.2 Å². The summed E-state index contributed by atoms with van der Waals surface area (Å²) in [7, 11) is 0. The molecule has 3 nitrogen and oxygen atoms in total. The second-order valence-corrected chi connectivity index (χ2v) is 7.58. The Morgan fingerprint density at radius 2 is 0.905 bits per heavy atom. The zero-order chi connectivity index (χ0) is 16.3. The smallest absolute Gasteiger partial charge is 0.0566 e. The molecule has 0 aliphatic carbocycles. The molecule has 128 valence electrons. The van der Waals surface area contributed by atoms with Crippen LogP contribution in [0, 0.1) is 23.2 Å². The van der Waals surface area contributed by atoms with Crippen LogP contribution in [0.25, 0.3) is 0 Å². The van der Waals surface area contributed by atoms with Gasteiger partial charge in [0, 0.05) is 25.2 Å². The van der Waals surface area contributed by atoms with Crippen LogP contribution in [-0.2, 0) is 14.2 Å². The summed E-state index contributed by atoms with van der Waals surface area (Å²) in [5.41, 5.74) is -0.0152. The number of rotatable bonds is 13. The topological polar surface area (TPSA) is 27.7 Å². The molecule has 0 aliphatic heterocycles. The van der Waals surface area contributed by atoms with Crippen molar-refractivity contribution in [1.82, 2.24) is 0 Å². The first-order valence-electron chi connectivity index (χ1n) is 8.54. The van der Waals surface area contributed by atoms with Crippen molar-refractivity contribution in [2.75, 3.05) is 39.6 Å². The van der Waals surface area contributed by atoms with Crippen LogP contribution in [0.1, 0.15) is 54.9 Å². The number of hydrogen-bond donors (Lipinski definition) is 0. The molecular formula is C18H38O3. The van der Waals surface area contributed by atoms with E-state index in [-0.39, 0.29) is 5.41 Å². The van der Waals surface area contributed by atoms with Gasteiger partial charge in [-0.1, -0.05) is 48.5 Å². The molecule has 0 saturated carbocycles. The van der Waals surface area contributed by atoms with Crippen molar-refractivity contribution in [3.63, 3.8) is 0 Å². The summed E-state index contributed by atoms with van der Waals surface area (Å²) < 4.78 is 17.7. The Morgan fingerprint density at radius 3 is 1.10 bits per heavy atom. The Hall–Kier alpha value is -0.120. The van der Waals surface area contributed by atoms with Gasteiger partial charge in [-0.05, 0) is 24.2 Å². The van der Waals surface area contributed by atoms with Gasteiger partial charge in [-0.25, -0.2) is 0 Å². The Kier molecular flexibility index (Phi) is 11.4. The third-order valence-electron chi connectivity index (χ3n) is 3.33. The molecule has 0 N–H and O–H groups in total. The van der Waals surface area contributed by atoms with E-state index in [0.29, 0.717) is 17.8 Å². The molecule has 0 rings (SSSR count). The maximum atomic E-state index is 5.91. The molecule has 0 aromatic heterocycles. The van der Waals surface area contributed by atoms with Crippen LogP contribution in [0.2, 0.25) is 0 Å². The van der Waals surface area contributed by atoms with Crippen molar-refractivity contribution in [1.29, 1.82) is 0 Å². The normalized spacial score (nSPS) is 12.9. The van der Waals surface area contributed by atoms with Gasteiger partial charge in [0.25, 0.3) is 0 Å². The molecule has 0 heterocycles. The van der Waals surface area contributed by atoms with E-state index in [1.165, 1.54) is 0 Å². The monoisotopic (exact) mass is 302 g/mol. The van der Waals surface area contributed by atoms with Gasteiger partial charge in [0.2, 0.25) is 0 Å². The number of hydrogen-bond acceptors (Lipinski definition) is 3. The first-order valence-corrected chi connectivity index (χ1v) is 8.54. The minimum atomic E-state index is -0.0152. The van der Waals surface area contributed by atoms with Gasteiger partial charge in [-0.2, -0.15) is 0 Å². The van der Waals surface area contributed by atoms with Crippen LogP contribution in [0.15, 0.2) is 0 Å². The minimum Gasteiger partial charge on any atom is -0.380 e. The molecule has 0 radical (unpaired) electrons. The lowest BCUT2D eigenvalue weighted by molar-refractivity contribution is -0.0812. The molecule has 21 heavy (non-hydrogen) atoms. The van der Waals surface area contributed by atoms with Crippen molar-refractivity contribution in [3.05, 3.63) is 0 Å². The van der Waals surface area contributed by atoms with E-state index in [9.17, 15) is 0 Å². The molecule has 0 unspecified atom stereocenters. The molecule has 0 atom stereocenters. The summed E-state index contributed by atoms with van der Waals surface area (Å²) in [4.78, 5) is 0. The van der Waals surface area contributed by atoms with Crippen LogP contribution in [0.4, 0.5) is 0 Å². The number of ether oxygens (including phenoxy) is 3. The summed E-state index contributed by atoms with van der Waals surface area (Å²) in [5, 5.41) is 0. The van der Waals surface area contributed by atoms with Crippen LogP contribution >= 0.6 is 0 Å². The van der Waals surface area contributed by atoms with Gasteiger partial charge in [-0.15, -0.1) is 0 Å². The summed E-state index contributed by atoms with van der Waals surface area (Å²) in [6.07, 6.45) is 1.02. The van der Waals surface area contributed by atoms with E-state index in [2.05, 4.69) is 48.5 Å². The molecule has 3 heteroatoms. The first-order chi connectivity index (χ1) is 9.81. The van der Waals surface area contributed by atoms with Gasteiger partial charge in [0.15, 0.2) is 0 Å². The molecule has 0 fully saturated rings. The van der Waals surface area contributed by atoms with Gasteiger partial charge in [-0.3, -0.25) is 0 Å². The highest BCUT2D eigenvalue weighted by Crippen LogP contribution is 2.25. The Balaban J connectivity index is 4.43. The van der Waals surface area contributed by atoms with Crippen molar-refractivity contribution < 1.29 is 14.2 Å². The van der Waals surface area contributed by atoms with Gasteiger partial charge < -0.3 is 14.2 Å². The average molecular weight is 302 g/mol. The second-order valence-electron chi connectivity index (χ2n) is 7.58. The fourth-order valence-corrected chi connectivity index (χ4v) is 1.96. The largest absolute Gasteiger partial charge is 0.380 e. The molecule has 0 saturated heterocycles. The molecule has 0 amide bonds. The average Bonchev–Trinajstić information content (AvgIpc) is 2.36. The minimum absolute atomic E-state index is 0.0152. The lowest BCUT2D eigenvalue weighted by atomic mass is 9.88. The van der Waals surface area contributed by atoms with Gasteiger partial charge in [0.05, 0.1) is 19.8 Å². The predicted molar refractivity (Wildman–Crippen MR) is 89.7 cm³/mol. The van der Waals surface area contributed by atoms with Gasteiger partial charge in [0.1, 0.15) is 0 Å². The summed E-state index contributed by atoms with van der Waals surface area (Å²) in [6.45, 7) is 19.8. The molecule has 0 aromatic carbocycles. The van der Waals surface area contributed by atoms with E-state index in [0.717, 1.165) is 46.1 Å².